The molecule has 1 heterocycles. The summed E-state index contributed by atoms with van der Waals surface area (Å²) in [5.41, 5.74) is 3.31. The highest BCUT2D eigenvalue weighted by atomic mass is 79.9. The Morgan fingerprint density at radius 1 is 1.38 bits per heavy atom. The Hall–Kier alpha value is -1.09. The highest BCUT2D eigenvalue weighted by molar-refractivity contribution is 9.10. The smallest absolute Gasteiger partial charge is 0.189 e. The molecule has 2 aromatic rings. The van der Waals surface area contributed by atoms with Crippen LogP contribution in [0.25, 0.3) is 10.9 Å². The lowest BCUT2D eigenvalue weighted by Gasteiger charge is -2.07. The van der Waals surface area contributed by atoms with E-state index in [1.165, 1.54) is 12.8 Å². The Bertz CT molecular complexity index is 626. The Kier molecular flexibility index (Phi) is 2.18. The molecule has 1 aromatic carbocycles. The number of rotatable bonds is 1. The average molecular weight is 278 g/mol. The second-order valence-electron chi connectivity index (χ2n) is 4.46. The summed E-state index contributed by atoms with van der Waals surface area (Å²) in [6, 6.07) is 5.57. The molecule has 16 heavy (non-hydrogen) atoms. The third-order valence-corrected chi connectivity index (χ3v) is 4.10. The highest BCUT2D eigenvalue weighted by Crippen LogP contribution is 2.39. The van der Waals surface area contributed by atoms with Crippen molar-refractivity contribution in [2.24, 2.45) is 0 Å². The van der Waals surface area contributed by atoms with Gasteiger partial charge in [0.05, 0.1) is 5.52 Å². The molecule has 1 aliphatic carbocycles. The minimum atomic E-state index is 0.131. The number of hydrogen-bond donors (Lipinski definition) is 1. The van der Waals surface area contributed by atoms with Crippen molar-refractivity contribution in [3.8, 4) is 0 Å². The molecule has 3 heteroatoms. The summed E-state index contributed by atoms with van der Waals surface area (Å²) in [6.07, 6.45) is 2.41. The van der Waals surface area contributed by atoms with Gasteiger partial charge in [-0.3, -0.25) is 4.79 Å². The van der Waals surface area contributed by atoms with Gasteiger partial charge >= 0.3 is 0 Å². The molecule has 0 radical (unpaired) electrons. The highest BCUT2D eigenvalue weighted by Gasteiger charge is 2.25. The number of aryl methyl sites for hydroxylation is 1. The molecule has 1 saturated carbocycles. The molecule has 0 saturated heterocycles. The van der Waals surface area contributed by atoms with Crippen molar-refractivity contribution in [3.63, 3.8) is 0 Å². The standard InChI is InChI=1S/C13H12BrNO/c1-7-10(14)5-4-9-12(16)6-11(8-2-3-8)15-13(7)9/h4-6,8H,2-3H2,1H3,(H,15,16). The number of hydrogen-bond acceptors (Lipinski definition) is 1. The molecule has 0 amide bonds. The summed E-state index contributed by atoms with van der Waals surface area (Å²) in [4.78, 5) is 15.4. The van der Waals surface area contributed by atoms with Gasteiger partial charge in [-0.1, -0.05) is 15.9 Å². The molecular formula is C13H12BrNO. The van der Waals surface area contributed by atoms with E-state index >= 15 is 0 Å². The SMILES string of the molecule is Cc1c(Br)ccc2c(=O)cc(C3CC3)[nH]c12. The fourth-order valence-electron chi connectivity index (χ4n) is 2.07. The van der Waals surface area contributed by atoms with Gasteiger partial charge < -0.3 is 4.98 Å². The van der Waals surface area contributed by atoms with E-state index < -0.39 is 0 Å². The zero-order valence-corrected chi connectivity index (χ0v) is 10.6. The summed E-state index contributed by atoms with van der Waals surface area (Å²) >= 11 is 3.50. The monoisotopic (exact) mass is 277 g/mol. The normalized spacial score (nSPS) is 15.6. The molecule has 0 unspecified atom stereocenters. The zero-order valence-electron chi connectivity index (χ0n) is 9.01. The van der Waals surface area contributed by atoms with Crippen LogP contribution >= 0.6 is 15.9 Å². The lowest BCUT2D eigenvalue weighted by Crippen LogP contribution is -2.05. The molecular weight excluding hydrogens is 266 g/mol. The minimum Gasteiger partial charge on any atom is -0.358 e. The van der Waals surface area contributed by atoms with Crippen molar-refractivity contribution in [2.45, 2.75) is 25.7 Å². The summed E-state index contributed by atoms with van der Waals surface area (Å²) < 4.78 is 1.04. The molecule has 1 N–H and O–H groups in total. The van der Waals surface area contributed by atoms with E-state index in [1.807, 2.05) is 19.1 Å². The summed E-state index contributed by atoms with van der Waals surface area (Å²) in [7, 11) is 0. The second kappa shape index (κ2) is 3.45. The molecule has 1 fully saturated rings. The number of nitrogens with one attached hydrogen (secondary N) is 1. The summed E-state index contributed by atoms with van der Waals surface area (Å²) in [5.74, 6) is 0.579. The van der Waals surface area contributed by atoms with Crippen LogP contribution in [0.5, 0.6) is 0 Å². The van der Waals surface area contributed by atoms with Crippen molar-refractivity contribution in [1.82, 2.24) is 4.98 Å². The quantitative estimate of drug-likeness (QED) is 0.851. The fraction of sp³-hybridized carbons (Fsp3) is 0.308. The van der Waals surface area contributed by atoms with Crippen molar-refractivity contribution in [3.05, 3.63) is 44.2 Å². The van der Waals surface area contributed by atoms with E-state index in [-0.39, 0.29) is 5.43 Å². The van der Waals surface area contributed by atoms with E-state index in [9.17, 15) is 4.79 Å². The van der Waals surface area contributed by atoms with Gasteiger partial charge in [0.2, 0.25) is 0 Å². The zero-order chi connectivity index (χ0) is 11.3. The third kappa shape index (κ3) is 1.50. The van der Waals surface area contributed by atoms with E-state index in [1.54, 1.807) is 6.07 Å². The fourth-order valence-corrected chi connectivity index (χ4v) is 2.40. The number of fused-ring (bicyclic) bond motifs is 1. The maximum absolute atomic E-state index is 12.0. The van der Waals surface area contributed by atoms with Crippen molar-refractivity contribution in [2.75, 3.05) is 0 Å². The van der Waals surface area contributed by atoms with Crippen LogP contribution in [0.15, 0.2) is 27.5 Å². The number of benzene rings is 1. The van der Waals surface area contributed by atoms with Gasteiger partial charge in [0.15, 0.2) is 5.43 Å². The van der Waals surface area contributed by atoms with Gasteiger partial charge in [0.1, 0.15) is 0 Å². The Balaban J connectivity index is 2.38. The van der Waals surface area contributed by atoms with Gasteiger partial charge in [0.25, 0.3) is 0 Å². The molecule has 0 spiro atoms. The van der Waals surface area contributed by atoms with Gasteiger partial charge in [-0.25, -0.2) is 0 Å². The van der Waals surface area contributed by atoms with Crippen LogP contribution in [0.1, 0.15) is 30.0 Å². The first-order valence-corrected chi connectivity index (χ1v) is 6.28. The van der Waals surface area contributed by atoms with E-state index in [4.69, 9.17) is 0 Å². The van der Waals surface area contributed by atoms with Gasteiger partial charge in [0, 0.05) is 21.6 Å². The van der Waals surface area contributed by atoms with Gasteiger partial charge in [-0.05, 0) is 43.4 Å². The largest absolute Gasteiger partial charge is 0.358 e. The lowest BCUT2D eigenvalue weighted by molar-refractivity contribution is 1.04. The van der Waals surface area contributed by atoms with Crippen LogP contribution in [0.2, 0.25) is 0 Å². The molecule has 3 rings (SSSR count). The Labute approximate surface area is 102 Å². The van der Waals surface area contributed by atoms with Crippen LogP contribution < -0.4 is 5.43 Å². The maximum Gasteiger partial charge on any atom is 0.189 e. The number of pyridine rings is 1. The second-order valence-corrected chi connectivity index (χ2v) is 5.31. The molecule has 2 nitrogen and oxygen atoms in total. The van der Waals surface area contributed by atoms with Crippen LogP contribution in [0.4, 0.5) is 0 Å². The van der Waals surface area contributed by atoms with Crippen LogP contribution in [0.3, 0.4) is 0 Å². The predicted octanol–water partition coefficient (Wildman–Crippen LogP) is 3.48. The van der Waals surface area contributed by atoms with E-state index in [0.717, 1.165) is 26.6 Å². The Morgan fingerprint density at radius 3 is 2.81 bits per heavy atom. The Morgan fingerprint density at radius 2 is 2.12 bits per heavy atom. The molecule has 0 atom stereocenters. The average Bonchev–Trinajstić information content (AvgIpc) is 3.07. The minimum absolute atomic E-state index is 0.131. The molecule has 1 aromatic heterocycles. The lowest BCUT2D eigenvalue weighted by atomic mass is 10.1. The first-order valence-electron chi connectivity index (χ1n) is 5.49. The van der Waals surface area contributed by atoms with Gasteiger partial charge in [-0.15, -0.1) is 0 Å². The number of aromatic amines is 1. The number of H-pyrrole nitrogens is 1. The summed E-state index contributed by atoms with van der Waals surface area (Å²) in [5, 5.41) is 0.783. The topological polar surface area (TPSA) is 32.9 Å². The molecule has 0 bridgehead atoms. The van der Waals surface area contributed by atoms with Crippen LogP contribution in [-0.4, -0.2) is 4.98 Å². The third-order valence-electron chi connectivity index (χ3n) is 3.24. The first-order chi connectivity index (χ1) is 7.66. The van der Waals surface area contributed by atoms with E-state index in [2.05, 4.69) is 20.9 Å². The van der Waals surface area contributed by atoms with Crippen LogP contribution in [-0.2, 0) is 0 Å². The van der Waals surface area contributed by atoms with E-state index in [0.29, 0.717) is 5.92 Å². The first kappa shape index (κ1) is 10.1. The maximum atomic E-state index is 12.0. The molecule has 1 aliphatic rings. The predicted molar refractivity (Wildman–Crippen MR) is 69.0 cm³/mol. The molecule has 0 aliphatic heterocycles. The summed E-state index contributed by atoms with van der Waals surface area (Å²) in [6.45, 7) is 2.03. The van der Waals surface area contributed by atoms with Crippen molar-refractivity contribution in [1.29, 1.82) is 0 Å². The molecule has 82 valence electrons. The van der Waals surface area contributed by atoms with Gasteiger partial charge in [-0.2, -0.15) is 0 Å². The van der Waals surface area contributed by atoms with Crippen molar-refractivity contribution < 1.29 is 0 Å². The number of halogens is 1. The van der Waals surface area contributed by atoms with Crippen molar-refractivity contribution >= 4 is 26.8 Å². The van der Waals surface area contributed by atoms with Crippen LogP contribution in [0, 0.1) is 6.92 Å². The number of aromatic nitrogens is 1.